The van der Waals surface area contributed by atoms with Gasteiger partial charge in [-0.1, -0.05) is 54.6 Å². The number of aryl methyl sites for hydroxylation is 2. The quantitative estimate of drug-likeness (QED) is 0.505. The maximum Gasteiger partial charge on any atom is 0.166 e. The Morgan fingerprint density at radius 1 is 0.964 bits per heavy atom. The molecule has 0 spiro atoms. The van der Waals surface area contributed by atoms with E-state index in [0.29, 0.717) is 12.0 Å². The summed E-state index contributed by atoms with van der Waals surface area (Å²) in [5.74, 6) is 0.329. The summed E-state index contributed by atoms with van der Waals surface area (Å²) < 4.78 is 1.90. The third kappa shape index (κ3) is 2.56. The molecule has 1 aliphatic rings. The van der Waals surface area contributed by atoms with Crippen molar-refractivity contribution in [3.8, 4) is 11.1 Å². The number of carbonyl (C=O) groups excluding carboxylic acids is 1. The van der Waals surface area contributed by atoms with Gasteiger partial charge in [-0.05, 0) is 42.9 Å². The van der Waals surface area contributed by atoms with E-state index in [1.54, 1.807) is 6.20 Å². The summed E-state index contributed by atoms with van der Waals surface area (Å²) in [4.78, 5) is 17.5. The van der Waals surface area contributed by atoms with Crippen LogP contribution in [0.3, 0.4) is 0 Å². The average Bonchev–Trinajstić information content (AvgIpc) is 3.05. The van der Waals surface area contributed by atoms with Crippen molar-refractivity contribution >= 4 is 11.4 Å². The molecule has 0 saturated heterocycles. The summed E-state index contributed by atoms with van der Waals surface area (Å²) in [5, 5.41) is 4.79. The second-order valence-corrected chi connectivity index (χ2v) is 7.57. The third-order valence-corrected chi connectivity index (χ3v) is 5.78. The molecule has 0 saturated carbocycles. The minimum Gasteiger partial charge on any atom is -0.294 e. The van der Waals surface area contributed by atoms with Gasteiger partial charge in [0.05, 0.1) is 17.0 Å². The molecule has 28 heavy (non-hydrogen) atoms. The second kappa shape index (κ2) is 6.41. The maximum atomic E-state index is 12.9. The van der Waals surface area contributed by atoms with Crippen LogP contribution in [0.1, 0.15) is 45.2 Å². The summed E-state index contributed by atoms with van der Waals surface area (Å²) in [5.41, 5.74) is 8.04. The molecule has 1 aliphatic carbocycles. The molecule has 2 aromatic carbocycles. The summed E-state index contributed by atoms with van der Waals surface area (Å²) in [6.07, 6.45) is 3.06. The Kier molecular flexibility index (Phi) is 3.86. The number of Topliss-reactive ketones (excluding diaryl/α,β-unsaturated/α-hetero) is 1. The minimum absolute atomic E-state index is 0.151. The van der Waals surface area contributed by atoms with Crippen LogP contribution in [0.25, 0.3) is 16.8 Å². The first kappa shape index (κ1) is 16.9. The van der Waals surface area contributed by atoms with Gasteiger partial charge in [0.25, 0.3) is 0 Å². The Labute approximate surface area is 163 Å². The largest absolute Gasteiger partial charge is 0.294 e. The molecule has 0 bridgehead atoms. The zero-order chi connectivity index (χ0) is 19.3. The Morgan fingerprint density at radius 2 is 1.71 bits per heavy atom. The molecule has 4 aromatic rings. The lowest BCUT2D eigenvalue weighted by Crippen LogP contribution is -2.23. The predicted octanol–water partition coefficient (Wildman–Crippen LogP) is 4.93. The van der Waals surface area contributed by atoms with Crippen LogP contribution in [0.2, 0.25) is 0 Å². The van der Waals surface area contributed by atoms with Crippen molar-refractivity contribution in [2.45, 2.75) is 32.6 Å². The van der Waals surface area contributed by atoms with Gasteiger partial charge in [-0.25, -0.2) is 9.50 Å². The first-order valence-corrected chi connectivity index (χ1v) is 9.65. The fourth-order valence-electron chi connectivity index (χ4n) is 4.41. The Balaban J connectivity index is 1.69. The molecule has 0 aliphatic heterocycles. The average molecular weight is 367 g/mol. The number of benzene rings is 2. The van der Waals surface area contributed by atoms with Crippen LogP contribution in [0.15, 0.2) is 60.8 Å². The van der Waals surface area contributed by atoms with Crippen molar-refractivity contribution in [2.24, 2.45) is 0 Å². The molecular weight excluding hydrogens is 346 g/mol. The van der Waals surface area contributed by atoms with E-state index in [1.165, 1.54) is 11.1 Å². The van der Waals surface area contributed by atoms with Crippen LogP contribution in [-0.4, -0.2) is 20.4 Å². The van der Waals surface area contributed by atoms with Gasteiger partial charge >= 0.3 is 0 Å². The number of rotatable bonds is 2. The Morgan fingerprint density at radius 3 is 2.50 bits per heavy atom. The molecular formula is C24H21N3O. The number of hydrogen-bond donors (Lipinski definition) is 0. The monoisotopic (exact) mass is 367 g/mol. The topological polar surface area (TPSA) is 47.3 Å². The maximum absolute atomic E-state index is 12.9. The first-order valence-electron chi connectivity index (χ1n) is 9.65. The smallest absolute Gasteiger partial charge is 0.166 e. The first-order chi connectivity index (χ1) is 13.6. The number of carbonyl (C=O) groups is 1. The van der Waals surface area contributed by atoms with E-state index in [9.17, 15) is 4.79 Å². The van der Waals surface area contributed by atoms with E-state index < -0.39 is 0 Å². The van der Waals surface area contributed by atoms with Crippen LogP contribution in [0.4, 0.5) is 0 Å². The fourth-order valence-corrected chi connectivity index (χ4v) is 4.41. The van der Waals surface area contributed by atoms with E-state index in [2.05, 4.69) is 42.2 Å². The normalized spacial score (nSPS) is 16.4. The lowest BCUT2D eigenvalue weighted by atomic mass is 9.80. The highest BCUT2D eigenvalue weighted by atomic mass is 16.1. The van der Waals surface area contributed by atoms with Crippen LogP contribution in [0, 0.1) is 13.8 Å². The highest BCUT2D eigenvalue weighted by molar-refractivity contribution is 5.99. The van der Waals surface area contributed by atoms with E-state index in [-0.39, 0.29) is 11.7 Å². The number of fused-ring (bicyclic) bond motifs is 3. The highest BCUT2D eigenvalue weighted by Gasteiger charge is 2.30. The standard InChI is InChI=1S/C24H21N3O/c1-15-8-6-7-11-19(15)18-12-21-20(22(28)13-18)14-25-24-23(16(2)26-27(21)24)17-9-4-3-5-10-17/h3-11,14,18H,12-13H2,1-2H3. The van der Waals surface area contributed by atoms with Gasteiger partial charge in [0.15, 0.2) is 11.4 Å². The van der Waals surface area contributed by atoms with E-state index >= 15 is 0 Å². The van der Waals surface area contributed by atoms with Gasteiger partial charge in [0, 0.05) is 18.2 Å². The van der Waals surface area contributed by atoms with E-state index in [1.807, 2.05) is 35.7 Å². The fraction of sp³-hybridized carbons (Fsp3) is 0.208. The second-order valence-electron chi connectivity index (χ2n) is 7.57. The summed E-state index contributed by atoms with van der Waals surface area (Å²) >= 11 is 0. The van der Waals surface area contributed by atoms with E-state index in [0.717, 1.165) is 34.6 Å². The zero-order valence-corrected chi connectivity index (χ0v) is 16.0. The van der Waals surface area contributed by atoms with Crippen molar-refractivity contribution in [1.82, 2.24) is 14.6 Å². The van der Waals surface area contributed by atoms with Crippen LogP contribution in [-0.2, 0) is 6.42 Å². The number of nitrogens with zero attached hydrogens (tertiary/aromatic N) is 3. The van der Waals surface area contributed by atoms with E-state index in [4.69, 9.17) is 5.10 Å². The van der Waals surface area contributed by atoms with Crippen LogP contribution < -0.4 is 0 Å². The van der Waals surface area contributed by atoms with Crippen molar-refractivity contribution in [3.63, 3.8) is 0 Å². The molecule has 2 heterocycles. The summed E-state index contributed by atoms with van der Waals surface area (Å²) in [7, 11) is 0. The lowest BCUT2D eigenvalue weighted by Gasteiger charge is -2.25. The number of hydrogen-bond acceptors (Lipinski definition) is 3. The molecule has 4 nitrogen and oxygen atoms in total. The van der Waals surface area contributed by atoms with Crippen molar-refractivity contribution in [2.75, 3.05) is 0 Å². The molecule has 138 valence electrons. The molecule has 5 rings (SSSR count). The molecule has 4 heteroatoms. The van der Waals surface area contributed by atoms with Gasteiger partial charge < -0.3 is 0 Å². The van der Waals surface area contributed by atoms with Gasteiger partial charge in [-0.2, -0.15) is 5.10 Å². The van der Waals surface area contributed by atoms with Crippen LogP contribution in [0.5, 0.6) is 0 Å². The number of aromatic nitrogens is 3. The lowest BCUT2D eigenvalue weighted by molar-refractivity contribution is 0.0962. The highest BCUT2D eigenvalue weighted by Crippen LogP contribution is 2.36. The molecule has 2 aromatic heterocycles. The Hall–Kier alpha value is -3.27. The summed E-state index contributed by atoms with van der Waals surface area (Å²) in [6.45, 7) is 4.12. The molecule has 1 atom stereocenters. The Bertz CT molecular complexity index is 1210. The van der Waals surface area contributed by atoms with Crippen molar-refractivity contribution in [1.29, 1.82) is 0 Å². The minimum atomic E-state index is 0.151. The molecule has 0 amide bonds. The van der Waals surface area contributed by atoms with Crippen LogP contribution >= 0.6 is 0 Å². The zero-order valence-electron chi connectivity index (χ0n) is 16.0. The van der Waals surface area contributed by atoms with Gasteiger partial charge in [-0.3, -0.25) is 4.79 Å². The molecule has 1 unspecified atom stereocenters. The van der Waals surface area contributed by atoms with Gasteiger partial charge in [0.1, 0.15) is 0 Å². The van der Waals surface area contributed by atoms with Gasteiger partial charge in [0.2, 0.25) is 0 Å². The molecule has 0 N–H and O–H groups in total. The van der Waals surface area contributed by atoms with Gasteiger partial charge in [-0.15, -0.1) is 0 Å². The van der Waals surface area contributed by atoms with Crippen molar-refractivity contribution < 1.29 is 4.79 Å². The molecule has 0 fully saturated rings. The summed E-state index contributed by atoms with van der Waals surface area (Å²) in [6, 6.07) is 18.6. The third-order valence-electron chi connectivity index (χ3n) is 5.78. The number of ketones is 1. The molecule has 0 radical (unpaired) electrons. The SMILES string of the molecule is Cc1ccccc1C1CC(=O)c2cnc3c(-c4ccccc4)c(C)nn3c2C1. The van der Waals surface area contributed by atoms with Crippen molar-refractivity contribution in [3.05, 3.63) is 88.9 Å². The predicted molar refractivity (Wildman–Crippen MR) is 110 cm³/mol.